The Morgan fingerprint density at radius 3 is 2.79 bits per heavy atom. The van der Waals surface area contributed by atoms with Gasteiger partial charge in [-0.3, -0.25) is 4.79 Å². The van der Waals surface area contributed by atoms with Gasteiger partial charge in [-0.1, -0.05) is 36.4 Å². The van der Waals surface area contributed by atoms with E-state index in [2.05, 4.69) is 39.7 Å². The number of nitrogens with zero attached hydrogens (tertiary/aromatic N) is 2. The highest BCUT2D eigenvalue weighted by atomic mass is 16.5. The van der Waals surface area contributed by atoms with E-state index in [-0.39, 0.29) is 5.91 Å². The summed E-state index contributed by atoms with van der Waals surface area (Å²) < 4.78 is 5.22. The lowest BCUT2D eigenvalue weighted by Gasteiger charge is -2.09. The van der Waals surface area contributed by atoms with E-state index in [1.165, 1.54) is 11.1 Å². The normalized spacial score (nSPS) is 10.4. The number of benzene rings is 2. The number of amides is 1. The zero-order valence-electron chi connectivity index (χ0n) is 16.1. The molecule has 0 spiro atoms. The quantitative estimate of drug-likeness (QED) is 0.630. The first-order valence-electron chi connectivity index (χ1n) is 9.18. The van der Waals surface area contributed by atoms with Gasteiger partial charge < -0.3 is 15.4 Å². The van der Waals surface area contributed by atoms with Gasteiger partial charge in [-0.25, -0.2) is 9.97 Å². The summed E-state index contributed by atoms with van der Waals surface area (Å²) in [6, 6.07) is 17.5. The molecule has 1 amide bonds. The molecule has 6 nitrogen and oxygen atoms in total. The van der Waals surface area contributed by atoms with Crippen LogP contribution < -0.4 is 15.4 Å². The number of aromatic nitrogens is 2. The fourth-order valence-corrected chi connectivity index (χ4v) is 2.79. The van der Waals surface area contributed by atoms with Crippen molar-refractivity contribution in [2.24, 2.45) is 0 Å². The van der Waals surface area contributed by atoms with Crippen LogP contribution in [0.5, 0.6) is 5.75 Å². The summed E-state index contributed by atoms with van der Waals surface area (Å²) >= 11 is 0. The highest BCUT2D eigenvalue weighted by Crippen LogP contribution is 2.13. The van der Waals surface area contributed by atoms with Crippen molar-refractivity contribution in [3.63, 3.8) is 0 Å². The molecule has 0 fully saturated rings. The lowest BCUT2D eigenvalue weighted by atomic mass is 10.1. The van der Waals surface area contributed by atoms with Crippen LogP contribution in [-0.4, -0.2) is 29.5 Å². The van der Waals surface area contributed by atoms with Gasteiger partial charge in [-0.15, -0.1) is 0 Å². The molecule has 0 radical (unpaired) electrons. The average molecular weight is 376 g/mol. The predicted octanol–water partition coefficient (Wildman–Crippen LogP) is 3.38. The standard InChI is InChI=1S/C22H24N4O2/c1-16-6-3-4-8-18(16)15-25-22-24-13-11-20(26-22)21(27)23-12-10-17-7-5-9-19(14-17)28-2/h3-9,11,13-14H,10,12,15H2,1-2H3,(H,23,27)(H,24,25,26). The van der Waals surface area contributed by atoms with Gasteiger partial charge in [0.1, 0.15) is 11.4 Å². The molecule has 144 valence electrons. The van der Waals surface area contributed by atoms with Gasteiger partial charge >= 0.3 is 0 Å². The molecule has 0 aliphatic rings. The van der Waals surface area contributed by atoms with Crippen LogP contribution in [0.4, 0.5) is 5.95 Å². The number of nitrogens with one attached hydrogen (secondary N) is 2. The van der Waals surface area contributed by atoms with Gasteiger partial charge in [0.15, 0.2) is 0 Å². The predicted molar refractivity (Wildman–Crippen MR) is 110 cm³/mol. The summed E-state index contributed by atoms with van der Waals surface area (Å²) in [6.45, 7) is 3.18. The minimum atomic E-state index is -0.218. The van der Waals surface area contributed by atoms with E-state index in [0.29, 0.717) is 31.2 Å². The number of carbonyl (C=O) groups is 1. The molecule has 0 aliphatic heterocycles. The summed E-state index contributed by atoms with van der Waals surface area (Å²) in [6.07, 6.45) is 2.30. The van der Waals surface area contributed by atoms with E-state index in [1.807, 2.05) is 36.4 Å². The number of hydrogen-bond donors (Lipinski definition) is 2. The van der Waals surface area contributed by atoms with Crippen molar-refractivity contribution in [2.75, 3.05) is 19.0 Å². The van der Waals surface area contributed by atoms with E-state index in [1.54, 1.807) is 19.4 Å². The molecule has 0 bridgehead atoms. The number of methoxy groups -OCH3 is 1. The molecule has 1 aromatic heterocycles. The zero-order chi connectivity index (χ0) is 19.8. The molecule has 0 saturated carbocycles. The first-order valence-corrected chi connectivity index (χ1v) is 9.18. The Bertz CT molecular complexity index is 943. The second-order valence-corrected chi connectivity index (χ2v) is 6.40. The topological polar surface area (TPSA) is 76.1 Å². The minimum absolute atomic E-state index is 0.218. The van der Waals surface area contributed by atoms with Crippen LogP contribution in [0.15, 0.2) is 60.8 Å². The number of rotatable bonds is 8. The maximum Gasteiger partial charge on any atom is 0.270 e. The number of ether oxygens (including phenoxy) is 1. The maximum atomic E-state index is 12.4. The number of carbonyl (C=O) groups excluding carboxylic acids is 1. The Morgan fingerprint density at radius 1 is 1.11 bits per heavy atom. The molecular formula is C22H24N4O2. The highest BCUT2D eigenvalue weighted by Gasteiger charge is 2.09. The maximum absolute atomic E-state index is 12.4. The van der Waals surface area contributed by atoms with E-state index in [0.717, 1.165) is 11.3 Å². The molecule has 3 rings (SSSR count). The zero-order valence-corrected chi connectivity index (χ0v) is 16.1. The number of anilines is 1. The largest absolute Gasteiger partial charge is 0.497 e. The van der Waals surface area contributed by atoms with Gasteiger partial charge in [-0.05, 0) is 48.2 Å². The van der Waals surface area contributed by atoms with Crippen molar-refractivity contribution in [2.45, 2.75) is 19.9 Å². The molecule has 2 aromatic carbocycles. The van der Waals surface area contributed by atoms with E-state index in [9.17, 15) is 4.79 Å². The van der Waals surface area contributed by atoms with Gasteiger partial charge in [0, 0.05) is 19.3 Å². The van der Waals surface area contributed by atoms with Crippen molar-refractivity contribution in [3.05, 3.63) is 83.2 Å². The lowest BCUT2D eigenvalue weighted by Crippen LogP contribution is -2.26. The molecule has 28 heavy (non-hydrogen) atoms. The van der Waals surface area contributed by atoms with Gasteiger partial charge in [-0.2, -0.15) is 0 Å². The van der Waals surface area contributed by atoms with Gasteiger partial charge in [0.05, 0.1) is 7.11 Å². The minimum Gasteiger partial charge on any atom is -0.497 e. The van der Waals surface area contributed by atoms with Crippen LogP contribution in [-0.2, 0) is 13.0 Å². The van der Waals surface area contributed by atoms with Crippen LogP contribution in [0.3, 0.4) is 0 Å². The third kappa shape index (κ3) is 5.30. The molecule has 0 unspecified atom stereocenters. The van der Waals surface area contributed by atoms with E-state index >= 15 is 0 Å². The summed E-state index contributed by atoms with van der Waals surface area (Å²) in [7, 11) is 1.64. The summed E-state index contributed by atoms with van der Waals surface area (Å²) in [4.78, 5) is 20.9. The third-order valence-corrected chi connectivity index (χ3v) is 4.42. The average Bonchev–Trinajstić information content (AvgIpc) is 2.73. The molecule has 2 N–H and O–H groups in total. The highest BCUT2D eigenvalue weighted by molar-refractivity contribution is 5.92. The van der Waals surface area contributed by atoms with E-state index in [4.69, 9.17) is 4.74 Å². The lowest BCUT2D eigenvalue weighted by molar-refractivity contribution is 0.0949. The van der Waals surface area contributed by atoms with Crippen molar-refractivity contribution >= 4 is 11.9 Å². The monoisotopic (exact) mass is 376 g/mol. The molecule has 3 aromatic rings. The van der Waals surface area contributed by atoms with Gasteiger partial charge in [0.2, 0.25) is 5.95 Å². The molecular weight excluding hydrogens is 352 g/mol. The third-order valence-electron chi connectivity index (χ3n) is 4.42. The second-order valence-electron chi connectivity index (χ2n) is 6.40. The number of hydrogen-bond acceptors (Lipinski definition) is 5. The Kier molecular flexibility index (Phi) is 6.57. The Labute approximate surface area is 165 Å². The number of aryl methyl sites for hydroxylation is 1. The molecule has 1 heterocycles. The second kappa shape index (κ2) is 9.50. The van der Waals surface area contributed by atoms with Crippen molar-refractivity contribution < 1.29 is 9.53 Å². The smallest absolute Gasteiger partial charge is 0.270 e. The van der Waals surface area contributed by atoms with Gasteiger partial charge in [0.25, 0.3) is 5.91 Å². The van der Waals surface area contributed by atoms with Crippen molar-refractivity contribution in [1.29, 1.82) is 0 Å². The fourth-order valence-electron chi connectivity index (χ4n) is 2.79. The summed E-state index contributed by atoms with van der Waals surface area (Å²) in [5, 5.41) is 6.07. The van der Waals surface area contributed by atoms with Crippen LogP contribution in [0.1, 0.15) is 27.2 Å². The van der Waals surface area contributed by atoms with Crippen LogP contribution in [0.25, 0.3) is 0 Å². The van der Waals surface area contributed by atoms with Crippen LogP contribution in [0, 0.1) is 6.92 Å². The Morgan fingerprint density at radius 2 is 1.96 bits per heavy atom. The Balaban J connectivity index is 1.54. The van der Waals surface area contributed by atoms with Crippen LogP contribution in [0.2, 0.25) is 0 Å². The first kappa shape index (κ1) is 19.4. The molecule has 6 heteroatoms. The molecule has 0 atom stereocenters. The SMILES string of the molecule is COc1cccc(CCNC(=O)c2ccnc(NCc3ccccc3C)n2)c1. The fraction of sp³-hybridized carbons (Fsp3) is 0.227. The summed E-state index contributed by atoms with van der Waals surface area (Å²) in [5.74, 6) is 1.02. The molecule has 0 aliphatic carbocycles. The van der Waals surface area contributed by atoms with E-state index < -0.39 is 0 Å². The van der Waals surface area contributed by atoms with Crippen molar-refractivity contribution in [1.82, 2.24) is 15.3 Å². The van der Waals surface area contributed by atoms with Crippen molar-refractivity contribution in [3.8, 4) is 5.75 Å². The first-order chi connectivity index (χ1) is 13.7. The summed E-state index contributed by atoms with van der Waals surface area (Å²) in [5.41, 5.74) is 3.80. The molecule has 0 saturated heterocycles. The van der Waals surface area contributed by atoms with Crippen LogP contribution >= 0.6 is 0 Å². The Hall–Kier alpha value is -3.41.